The van der Waals surface area contributed by atoms with Gasteiger partial charge in [-0.2, -0.15) is 0 Å². The number of benzene rings is 1. The minimum Gasteiger partial charge on any atom is -0.496 e. The Bertz CT molecular complexity index is 598. The van der Waals surface area contributed by atoms with Gasteiger partial charge in [0.15, 0.2) is 0 Å². The molecule has 0 saturated carbocycles. The predicted molar refractivity (Wildman–Crippen MR) is 89.0 cm³/mol. The molecule has 1 aromatic rings. The molecule has 0 aliphatic rings. The van der Waals surface area contributed by atoms with Gasteiger partial charge in [0, 0.05) is 22.1 Å². The third kappa shape index (κ3) is 5.62. The van der Waals surface area contributed by atoms with Crippen molar-refractivity contribution in [2.24, 2.45) is 0 Å². The Kier molecular flexibility index (Phi) is 8.51. The first-order chi connectivity index (χ1) is 10.5. The summed E-state index contributed by atoms with van der Waals surface area (Å²) in [6.45, 7) is 4.29. The number of ether oxygens (including phenoxy) is 2. The molecule has 2 unspecified atom stereocenters. The maximum absolute atomic E-state index is 11.8. The summed E-state index contributed by atoms with van der Waals surface area (Å²) in [5.74, 6) is 4.00. The highest BCUT2D eigenvalue weighted by Crippen LogP contribution is 2.26. The van der Waals surface area contributed by atoms with Crippen molar-refractivity contribution >= 4 is 27.7 Å². The van der Waals surface area contributed by atoms with Crippen LogP contribution in [0.5, 0.6) is 11.5 Å². The van der Waals surface area contributed by atoms with Gasteiger partial charge in [0.2, 0.25) is 16.1 Å². The summed E-state index contributed by atoms with van der Waals surface area (Å²) in [5.41, 5.74) is 0. The molecule has 124 valence electrons. The lowest BCUT2D eigenvalue weighted by Crippen LogP contribution is -2.14. The molecule has 8 heteroatoms. The summed E-state index contributed by atoms with van der Waals surface area (Å²) in [6.07, 6.45) is 0. The largest absolute Gasteiger partial charge is 0.496 e. The van der Waals surface area contributed by atoms with Crippen LogP contribution in [0.2, 0.25) is 0 Å². The second kappa shape index (κ2) is 9.86. The average Bonchev–Trinajstić information content (AvgIpc) is 2.48. The Morgan fingerprint density at radius 2 is 1.23 bits per heavy atom. The van der Waals surface area contributed by atoms with Crippen molar-refractivity contribution in [1.29, 1.82) is 0 Å². The number of rotatable bonds is 8. The Balaban J connectivity index is 3.41. The lowest BCUT2D eigenvalue weighted by Gasteiger charge is -2.07. The zero-order valence-corrected chi connectivity index (χ0v) is 15.2. The van der Waals surface area contributed by atoms with Gasteiger partial charge in [-0.25, -0.2) is 0 Å². The molecule has 1 aromatic carbocycles. The van der Waals surface area contributed by atoms with Gasteiger partial charge in [-0.3, -0.25) is 9.13 Å². The molecule has 0 N–H and O–H groups in total. The summed E-state index contributed by atoms with van der Waals surface area (Å²) in [4.78, 5) is 0. The van der Waals surface area contributed by atoms with E-state index in [2.05, 4.69) is 0 Å². The van der Waals surface area contributed by atoms with E-state index in [4.69, 9.17) is 18.5 Å². The van der Waals surface area contributed by atoms with E-state index in [0.29, 0.717) is 35.2 Å². The van der Waals surface area contributed by atoms with Crippen molar-refractivity contribution in [1.82, 2.24) is 0 Å². The maximum Gasteiger partial charge on any atom is 0.214 e. The van der Waals surface area contributed by atoms with E-state index < -0.39 is 16.1 Å². The van der Waals surface area contributed by atoms with E-state index in [0.717, 1.165) is 0 Å². The Morgan fingerprint density at radius 3 is 1.50 bits per heavy atom. The molecule has 0 amide bonds. The van der Waals surface area contributed by atoms with Crippen LogP contribution >= 0.6 is 16.1 Å². The van der Waals surface area contributed by atoms with E-state index in [1.54, 1.807) is 26.0 Å². The standard InChI is InChI=1S/C14H22O6P2/c1-5-19-21(15)9-11-7-14(18-4)12(8-13(11)17-3)10-22(16)20-6-2/h7-10,21-22H,5-6H2,1-4H3. The van der Waals surface area contributed by atoms with Gasteiger partial charge in [0.05, 0.1) is 27.4 Å². The van der Waals surface area contributed by atoms with E-state index >= 15 is 0 Å². The highest BCUT2D eigenvalue weighted by Gasteiger charge is 2.05. The Morgan fingerprint density at radius 1 is 0.864 bits per heavy atom. The molecular weight excluding hydrogens is 326 g/mol. The smallest absolute Gasteiger partial charge is 0.214 e. The minimum atomic E-state index is -2.29. The monoisotopic (exact) mass is 348 g/mol. The van der Waals surface area contributed by atoms with E-state index in [9.17, 15) is 9.13 Å². The minimum absolute atomic E-state index is 0.371. The van der Waals surface area contributed by atoms with E-state index in [1.165, 1.54) is 25.9 Å². The molecule has 0 heterocycles. The van der Waals surface area contributed by atoms with Crippen LogP contribution in [0.3, 0.4) is 0 Å². The summed E-state index contributed by atoms with van der Waals surface area (Å²) in [5, 5.41) is 1.20. The SMILES string of the molecule is CCO[PH](=O)C=c1cc(OC)c(=C[PH](=O)OCC)cc1OC. The molecule has 22 heavy (non-hydrogen) atoms. The molecule has 0 aromatic heterocycles. The molecule has 0 fully saturated rings. The number of methoxy groups -OCH3 is 2. The van der Waals surface area contributed by atoms with Gasteiger partial charge in [0.1, 0.15) is 11.5 Å². The molecule has 0 spiro atoms. The summed E-state index contributed by atoms with van der Waals surface area (Å²) in [7, 11) is -1.58. The highest BCUT2D eigenvalue weighted by atomic mass is 31.1. The van der Waals surface area contributed by atoms with Crippen LogP contribution in [-0.4, -0.2) is 27.4 Å². The van der Waals surface area contributed by atoms with Crippen LogP contribution in [0.4, 0.5) is 0 Å². The average molecular weight is 348 g/mol. The van der Waals surface area contributed by atoms with Crippen molar-refractivity contribution in [3.05, 3.63) is 22.6 Å². The second-order valence-electron chi connectivity index (χ2n) is 4.13. The fourth-order valence-electron chi connectivity index (χ4n) is 1.79. The first kappa shape index (κ1) is 19.0. The van der Waals surface area contributed by atoms with Crippen molar-refractivity contribution in [3.8, 4) is 11.5 Å². The van der Waals surface area contributed by atoms with Crippen molar-refractivity contribution in [2.75, 3.05) is 27.4 Å². The lowest BCUT2D eigenvalue weighted by molar-refractivity contribution is 0.357. The van der Waals surface area contributed by atoms with Crippen LogP contribution in [0.15, 0.2) is 12.1 Å². The molecule has 0 saturated heterocycles. The van der Waals surface area contributed by atoms with Crippen LogP contribution in [0.1, 0.15) is 13.8 Å². The van der Waals surface area contributed by atoms with Gasteiger partial charge >= 0.3 is 0 Å². The van der Waals surface area contributed by atoms with E-state index in [1.807, 2.05) is 0 Å². The number of hydrogen-bond acceptors (Lipinski definition) is 6. The molecule has 0 radical (unpaired) electrons. The molecule has 0 bridgehead atoms. The fourth-order valence-corrected chi connectivity index (χ4v) is 3.49. The third-order valence-corrected chi connectivity index (χ3v) is 4.94. The number of hydrogen-bond donors (Lipinski definition) is 0. The molecule has 6 nitrogen and oxygen atoms in total. The first-order valence-corrected chi connectivity index (χ1v) is 9.63. The zero-order chi connectivity index (χ0) is 16.5. The molecule has 0 aliphatic carbocycles. The maximum atomic E-state index is 11.8. The first-order valence-electron chi connectivity index (χ1n) is 6.84. The molecule has 1 rings (SSSR count). The summed E-state index contributed by atoms with van der Waals surface area (Å²) in [6, 6.07) is 3.35. The lowest BCUT2D eigenvalue weighted by atomic mass is 10.2. The van der Waals surface area contributed by atoms with Gasteiger partial charge < -0.3 is 18.5 Å². The molecule has 0 aliphatic heterocycles. The van der Waals surface area contributed by atoms with Gasteiger partial charge in [-0.15, -0.1) is 0 Å². The fraction of sp³-hybridized carbons (Fsp3) is 0.429. The van der Waals surface area contributed by atoms with Crippen molar-refractivity contribution < 1.29 is 27.7 Å². The van der Waals surface area contributed by atoms with Crippen LogP contribution in [-0.2, 0) is 18.2 Å². The zero-order valence-electron chi connectivity index (χ0n) is 13.2. The quantitative estimate of drug-likeness (QED) is 0.671. The van der Waals surface area contributed by atoms with Gasteiger partial charge in [0.25, 0.3) is 0 Å². The Hall–Kier alpha value is -1.06. The van der Waals surface area contributed by atoms with Crippen LogP contribution in [0, 0.1) is 0 Å². The normalized spacial score (nSPS) is 15.6. The Labute approximate surface area is 131 Å². The second-order valence-corrected chi connectivity index (χ2v) is 6.56. The highest BCUT2D eigenvalue weighted by molar-refractivity contribution is 7.49. The third-order valence-electron chi connectivity index (χ3n) is 2.70. The van der Waals surface area contributed by atoms with Crippen LogP contribution in [0.25, 0.3) is 11.6 Å². The topological polar surface area (TPSA) is 71.1 Å². The summed E-state index contributed by atoms with van der Waals surface area (Å²) >= 11 is 0. The predicted octanol–water partition coefficient (Wildman–Crippen LogP) is 2.20. The van der Waals surface area contributed by atoms with Gasteiger partial charge in [-0.05, 0) is 26.0 Å². The van der Waals surface area contributed by atoms with Crippen molar-refractivity contribution in [3.63, 3.8) is 0 Å². The molecular formula is C14H22O6P2. The van der Waals surface area contributed by atoms with Gasteiger partial charge in [-0.1, -0.05) is 0 Å². The van der Waals surface area contributed by atoms with Crippen LogP contribution < -0.4 is 19.9 Å². The molecule has 2 atom stereocenters. The van der Waals surface area contributed by atoms with E-state index in [-0.39, 0.29) is 0 Å². The summed E-state index contributed by atoms with van der Waals surface area (Å²) < 4.78 is 44.2. The van der Waals surface area contributed by atoms with Crippen molar-refractivity contribution in [2.45, 2.75) is 13.8 Å².